The number of aryl methyl sites for hydroxylation is 2. The normalized spacial score (nSPS) is 12.2. The SMILES string of the molecule is CCC(N)Cc1cnc(Oc2cc(F)ccc2C)c(C)c1. The fourth-order valence-corrected chi connectivity index (χ4v) is 2.07. The molecule has 21 heavy (non-hydrogen) atoms. The van der Waals surface area contributed by atoms with Gasteiger partial charge in [-0.3, -0.25) is 0 Å². The molecule has 2 N–H and O–H groups in total. The third-order valence-corrected chi connectivity index (χ3v) is 3.47. The molecular formula is C17H21FN2O. The van der Waals surface area contributed by atoms with Crippen LogP contribution in [-0.4, -0.2) is 11.0 Å². The van der Waals surface area contributed by atoms with Crippen LogP contribution in [0.1, 0.15) is 30.0 Å². The minimum atomic E-state index is -0.321. The lowest BCUT2D eigenvalue weighted by atomic mass is 10.1. The Morgan fingerprint density at radius 3 is 2.67 bits per heavy atom. The predicted octanol–water partition coefficient (Wildman–Crippen LogP) is 3.91. The molecule has 2 aromatic rings. The summed E-state index contributed by atoms with van der Waals surface area (Å²) in [6, 6.07) is 6.64. The van der Waals surface area contributed by atoms with Crippen LogP contribution in [0.5, 0.6) is 11.6 Å². The molecule has 0 radical (unpaired) electrons. The van der Waals surface area contributed by atoms with Gasteiger partial charge in [0.05, 0.1) is 0 Å². The fourth-order valence-electron chi connectivity index (χ4n) is 2.07. The van der Waals surface area contributed by atoms with Crippen molar-refractivity contribution >= 4 is 0 Å². The predicted molar refractivity (Wildman–Crippen MR) is 82.2 cm³/mol. The molecule has 2 rings (SSSR count). The number of nitrogens with two attached hydrogens (primary N) is 1. The lowest BCUT2D eigenvalue weighted by Crippen LogP contribution is -2.21. The molecular weight excluding hydrogens is 267 g/mol. The van der Waals surface area contributed by atoms with Crippen LogP contribution < -0.4 is 10.5 Å². The van der Waals surface area contributed by atoms with E-state index in [0.717, 1.165) is 29.5 Å². The summed E-state index contributed by atoms with van der Waals surface area (Å²) in [6.07, 6.45) is 3.50. The highest BCUT2D eigenvalue weighted by atomic mass is 19.1. The highest BCUT2D eigenvalue weighted by Gasteiger charge is 2.09. The van der Waals surface area contributed by atoms with Gasteiger partial charge in [0.2, 0.25) is 5.88 Å². The molecule has 1 aromatic heterocycles. The van der Waals surface area contributed by atoms with E-state index in [4.69, 9.17) is 10.5 Å². The third-order valence-electron chi connectivity index (χ3n) is 3.47. The molecule has 0 amide bonds. The number of hydrogen-bond donors (Lipinski definition) is 1. The molecule has 0 aliphatic carbocycles. The van der Waals surface area contributed by atoms with Gasteiger partial charge in [0, 0.05) is 23.9 Å². The van der Waals surface area contributed by atoms with Crippen LogP contribution in [0.25, 0.3) is 0 Å². The summed E-state index contributed by atoms with van der Waals surface area (Å²) in [4.78, 5) is 4.33. The van der Waals surface area contributed by atoms with E-state index >= 15 is 0 Å². The van der Waals surface area contributed by atoms with E-state index < -0.39 is 0 Å². The van der Waals surface area contributed by atoms with Crippen LogP contribution in [0.2, 0.25) is 0 Å². The number of hydrogen-bond acceptors (Lipinski definition) is 3. The molecule has 1 atom stereocenters. The summed E-state index contributed by atoms with van der Waals surface area (Å²) in [5.74, 6) is 0.667. The smallest absolute Gasteiger partial charge is 0.222 e. The second-order valence-electron chi connectivity index (χ2n) is 5.35. The van der Waals surface area contributed by atoms with Gasteiger partial charge in [0.15, 0.2) is 0 Å². The van der Waals surface area contributed by atoms with Gasteiger partial charge >= 0.3 is 0 Å². The quantitative estimate of drug-likeness (QED) is 0.907. The van der Waals surface area contributed by atoms with Crippen molar-refractivity contribution in [3.8, 4) is 11.6 Å². The third kappa shape index (κ3) is 4.02. The van der Waals surface area contributed by atoms with Gasteiger partial charge in [-0.05, 0) is 49.9 Å². The first-order valence-electron chi connectivity index (χ1n) is 7.14. The largest absolute Gasteiger partial charge is 0.438 e. The maximum Gasteiger partial charge on any atom is 0.222 e. The molecule has 4 heteroatoms. The summed E-state index contributed by atoms with van der Waals surface area (Å²) in [5.41, 5.74) is 8.83. The Bertz CT molecular complexity index is 628. The van der Waals surface area contributed by atoms with E-state index in [1.54, 1.807) is 12.3 Å². The zero-order chi connectivity index (χ0) is 15.4. The molecule has 0 aliphatic rings. The maximum absolute atomic E-state index is 13.3. The Labute approximate surface area is 125 Å². The Morgan fingerprint density at radius 2 is 2.00 bits per heavy atom. The Kier molecular flexibility index (Phi) is 4.91. The standard InChI is InChI=1S/C17H21FN2O/c1-4-15(19)8-13-7-12(3)17(20-10-13)21-16-9-14(18)6-5-11(16)2/h5-7,9-10,15H,4,8,19H2,1-3H3. The molecule has 0 saturated heterocycles. The number of rotatable bonds is 5. The van der Waals surface area contributed by atoms with Crippen molar-refractivity contribution in [1.82, 2.24) is 4.98 Å². The van der Waals surface area contributed by atoms with Gasteiger partial charge in [0.25, 0.3) is 0 Å². The number of halogens is 1. The number of aromatic nitrogens is 1. The van der Waals surface area contributed by atoms with Crippen molar-refractivity contribution in [2.75, 3.05) is 0 Å². The molecule has 0 bridgehead atoms. The van der Waals surface area contributed by atoms with Crippen molar-refractivity contribution in [1.29, 1.82) is 0 Å². The van der Waals surface area contributed by atoms with Gasteiger partial charge < -0.3 is 10.5 Å². The van der Waals surface area contributed by atoms with Crippen LogP contribution in [-0.2, 0) is 6.42 Å². The zero-order valence-corrected chi connectivity index (χ0v) is 12.7. The summed E-state index contributed by atoms with van der Waals surface area (Å²) in [7, 11) is 0. The first-order chi connectivity index (χ1) is 9.99. The number of nitrogens with zero attached hydrogens (tertiary/aromatic N) is 1. The van der Waals surface area contributed by atoms with Crippen LogP contribution >= 0.6 is 0 Å². The van der Waals surface area contributed by atoms with Gasteiger partial charge in [-0.1, -0.05) is 13.0 Å². The first kappa shape index (κ1) is 15.4. The number of ether oxygens (including phenoxy) is 1. The van der Waals surface area contributed by atoms with Crippen molar-refractivity contribution in [3.63, 3.8) is 0 Å². The molecule has 0 aliphatic heterocycles. The maximum atomic E-state index is 13.3. The topological polar surface area (TPSA) is 48.1 Å². The minimum absolute atomic E-state index is 0.142. The highest BCUT2D eigenvalue weighted by Crippen LogP contribution is 2.27. The Balaban J connectivity index is 2.19. The fraction of sp³-hybridized carbons (Fsp3) is 0.353. The van der Waals surface area contributed by atoms with Crippen molar-refractivity contribution < 1.29 is 9.13 Å². The van der Waals surface area contributed by atoms with E-state index in [2.05, 4.69) is 11.9 Å². The van der Waals surface area contributed by atoms with Crippen LogP contribution in [0.3, 0.4) is 0 Å². The van der Waals surface area contributed by atoms with Crippen LogP contribution in [0, 0.1) is 19.7 Å². The number of benzene rings is 1. The van der Waals surface area contributed by atoms with Crippen molar-refractivity contribution in [2.45, 2.75) is 39.7 Å². The van der Waals surface area contributed by atoms with E-state index in [-0.39, 0.29) is 11.9 Å². The summed E-state index contributed by atoms with van der Waals surface area (Å²) < 4.78 is 19.0. The van der Waals surface area contributed by atoms with Gasteiger partial charge in [0.1, 0.15) is 11.6 Å². The number of pyridine rings is 1. The molecule has 1 heterocycles. The Morgan fingerprint density at radius 1 is 1.24 bits per heavy atom. The van der Waals surface area contributed by atoms with Gasteiger partial charge in [-0.15, -0.1) is 0 Å². The summed E-state index contributed by atoms with van der Waals surface area (Å²) >= 11 is 0. The van der Waals surface area contributed by atoms with E-state index in [1.807, 2.05) is 19.9 Å². The summed E-state index contributed by atoms with van der Waals surface area (Å²) in [5, 5.41) is 0. The van der Waals surface area contributed by atoms with Crippen molar-refractivity contribution in [3.05, 3.63) is 53.0 Å². The lowest BCUT2D eigenvalue weighted by Gasteiger charge is -2.13. The molecule has 0 spiro atoms. The van der Waals surface area contributed by atoms with Gasteiger partial charge in [-0.2, -0.15) is 0 Å². The lowest BCUT2D eigenvalue weighted by molar-refractivity contribution is 0.450. The average Bonchev–Trinajstić information content (AvgIpc) is 2.45. The summed E-state index contributed by atoms with van der Waals surface area (Å²) in [6.45, 7) is 5.87. The van der Waals surface area contributed by atoms with Crippen LogP contribution in [0.15, 0.2) is 30.5 Å². The zero-order valence-electron chi connectivity index (χ0n) is 12.7. The van der Waals surface area contributed by atoms with E-state index in [0.29, 0.717) is 11.6 Å². The van der Waals surface area contributed by atoms with Gasteiger partial charge in [-0.25, -0.2) is 9.37 Å². The molecule has 1 aromatic carbocycles. The second-order valence-corrected chi connectivity index (χ2v) is 5.35. The molecule has 0 fully saturated rings. The average molecular weight is 288 g/mol. The second kappa shape index (κ2) is 6.68. The molecule has 112 valence electrons. The monoisotopic (exact) mass is 288 g/mol. The minimum Gasteiger partial charge on any atom is -0.438 e. The highest BCUT2D eigenvalue weighted by molar-refractivity contribution is 5.38. The van der Waals surface area contributed by atoms with E-state index in [1.165, 1.54) is 12.1 Å². The molecule has 3 nitrogen and oxygen atoms in total. The molecule has 1 unspecified atom stereocenters. The molecule has 0 saturated carbocycles. The van der Waals surface area contributed by atoms with Crippen molar-refractivity contribution in [2.24, 2.45) is 5.73 Å². The first-order valence-corrected chi connectivity index (χ1v) is 7.14. The van der Waals surface area contributed by atoms with Crippen LogP contribution in [0.4, 0.5) is 4.39 Å². The van der Waals surface area contributed by atoms with E-state index in [9.17, 15) is 4.39 Å². The Hall–Kier alpha value is -1.94.